The number of allylic oxidation sites excluding steroid dienone is 1. The average molecular weight is 234 g/mol. The molecule has 0 spiro atoms. The van der Waals surface area contributed by atoms with Gasteiger partial charge in [-0.1, -0.05) is 5.57 Å². The molecule has 2 unspecified atom stereocenters. The molecule has 0 heterocycles. The van der Waals surface area contributed by atoms with Crippen LogP contribution in [0.2, 0.25) is 0 Å². The Kier molecular flexibility index (Phi) is 2.72. The zero-order valence-electron chi connectivity index (χ0n) is 8.93. The van der Waals surface area contributed by atoms with Gasteiger partial charge in [-0.15, -0.1) is 0 Å². The highest BCUT2D eigenvalue weighted by Gasteiger charge is 2.55. The molecule has 90 valence electrons. The average Bonchev–Trinajstić information content (AvgIpc) is 2.74. The maximum absolute atomic E-state index is 12.8. The molecule has 2 atom stereocenters. The van der Waals surface area contributed by atoms with Gasteiger partial charge in [-0.25, -0.2) is 4.79 Å². The quantitative estimate of drug-likeness (QED) is 0.687. The van der Waals surface area contributed by atoms with E-state index in [1.165, 1.54) is 0 Å². The highest BCUT2D eigenvalue weighted by atomic mass is 19.4. The van der Waals surface area contributed by atoms with Gasteiger partial charge in [-0.05, 0) is 32.1 Å². The zero-order chi connectivity index (χ0) is 11.9. The fraction of sp³-hybridized carbons (Fsp3) is 0.727. The summed E-state index contributed by atoms with van der Waals surface area (Å²) in [4.78, 5) is 11.5. The van der Waals surface area contributed by atoms with Gasteiger partial charge in [-0.3, -0.25) is 0 Å². The predicted molar refractivity (Wildman–Crippen MR) is 50.5 cm³/mol. The van der Waals surface area contributed by atoms with E-state index in [1.54, 1.807) is 6.92 Å². The van der Waals surface area contributed by atoms with Crippen molar-refractivity contribution in [3.05, 3.63) is 11.1 Å². The maximum Gasteiger partial charge on any atom is 0.396 e. The van der Waals surface area contributed by atoms with Crippen LogP contribution in [-0.2, 0) is 9.53 Å². The van der Waals surface area contributed by atoms with Crippen molar-refractivity contribution in [1.82, 2.24) is 0 Å². The second-order valence-corrected chi connectivity index (χ2v) is 4.26. The van der Waals surface area contributed by atoms with E-state index in [1.807, 2.05) is 0 Å². The Morgan fingerprint density at radius 1 is 1.50 bits per heavy atom. The zero-order valence-corrected chi connectivity index (χ0v) is 8.93. The molecular weight excluding hydrogens is 221 g/mol. The van der Waals surface area contributed by atoms with Gasteiger partial charge in [-0.2, -0.15) is 13.2 Å². The van der Waals surface area contributed by atoms with Gasteiger partial charge < -0.3 is 4.74 Å². The van der Waals surface area contributed by atoms with Crippen LogP contribution in [0.3, 0.4) is 0 Å². The number of alkyl halides is 3. The van der Waals surface area contributed by atoms with Gasteiger partial charge in [0.2, 0.25) is 0 Å². The molecule has 0 saturated heterocycles. The van der Waals surface area contributed by atoms with Crippen molar-refractivity contribution in [3.8, 4) is 0 Å². The van der Waals surface area contributed by atoms with Gasteiger partial charge in [0.05, 0.1) is 12.5 Å². The molecule has 16 heavy (non-hydrogen) atoms. The van der Waals surface area contributed by atoms with Gasteiger partial charge in [0.25, 0.3) is 0 Å². The number of carbonyl (C=O) groups excluding carboxylic acids is 1. The standard InChI is InChI=1S/C11H13F3O2/c1-2-16-10(15)8-6-3-4-7(5-6)9(8)11(12,13)14/h7,9H,2-5H2,1H3. The number of rotatable bonds is 2. The van der Waals surface area contributed by atoms with E-state index in [-0.39, 0.29) is 12.2 Å². The van der Waals surface area contributed by atoms with Gasteiger partial charge in [0.15, 0.2) is 0 Å². The van der Waals surface area contributed by atoms with Crippen molar-refractivity contribution in [3.63, 3.8) is 0 Å². The summed E-state index contributed by atoms with van der Waals surface area (Å²) in [7, 11) is 0. The molecule has 0 aliphatic heterocycles. The molecule has 0 radical (unpaired) electrons. The van der Waals surface area contributed by atoms with Crippen LogP contribution in [0.4, 0.5) is 13.2 Å². The lowest BCUT2D eigenvalue weighted by atomic mass is 9.86. The molecule has 5 heteroatoms. The summed E-state index contributed by atoms with van der Waals surface area (Å²) in [5, 5.41) is 0. The first-order chi connectivity index (χ1) is 7.45. The van der Waals surface area contributed by atoms with Crippen molar-refractivity contribution in [2.24, 2.45) is 11.8 Å². The first kappa shape index (κ1) is 11.5. The molecule has 0 N–H and O–H groups in total. The minimum absolute atomic E-state index is 0.106. The Hall–Kier alpha value is -1.00. The lowest BCUT2D eigenvalue weighted by Crippen LogP contribution is -2.33. The number of hydrogen-bond donors (Lipinski definition) is 0. The van der Waals surface area contributed by atoms with Crippen molar-refractivity contribution in [2.75, 3.05) is 6.61 Å². The minimum atomic E-state index is -4.32. The number of halogens is 3. The fourth-order valence-corrected chi connectivity index (χ4v) is 2.78. The van der Waals surface area contributed by atoms with Crippen molar-refractivity contribution >= 4 is 5.97 Å². The van der Waals surface area contributed by atoms with Crippen molar-refractivity contribution in [2.45, 2.75) is 32.4 Å². The van der Waals surface area contributed by atoms with Crippen molar-refractivity contribution < 1.29 is 22.7 Å². The maximum atomic E-state index is 12.8. The number of ether oxygens (including phenoxy) is 1. The Balaban J connectivity index is 2.30. The SMILES string of the molecule is CCOC(=O)C1=C2CCC(C2)C1C(F)(F)F. The van der Waals surface area contributed by atoms with Crippen molar-refractivity contribution in [1.29, 1.82) is 0 Å². The molecule has 2 aliphatic rings. The molecule has 0 aromatic carbocycles. The lowest BCUT2D eigenvalue weighted by Gasteiger charge is -2.25. The van der Waals surface area contributed by atoms with Crippen LogP contribution in [0, 0.1) is 11.8 Å². The lowest BCUT2D eigenvalue weighted by molar-refractivity contribution is -0.180. The van der Waals surface area contributed by atoms with Gasteiger partial charge >= 0.3 is 12.1 Å². The third-order valence-corrected chi connectivity index (χ3v) is 3.34. The van der Waals surface area contributed by atoms with E-state index in [0.29, 0.717) is 24.8 Å². The molecule has 2 bridgehead atoms. The Morgan fingerprint density at radius 3 is 2.75 bits per heavy atom. The first-order valence-electron chi connectivity index (χ1n) is 5.41. The number of carbonyl (C=O) groups is 1. The van der Waals surface area contributed by atoms with E-state index in [0.717, 1.165) is 0 Å². The molecule has 1 saturated carbocycles. The van der Waals surface area contributed by atoms with Gasteiger partial charge in [0.1, 0.15) is 0 Å². The second-order valence-electron chi connectivity index (χ2n) is 4.26. The summed E-state index contributed by atoms with van der Waals surface area (Å²) < 4.78 is 43.2. The summed E-state index contributed by atoms with van der Waals surface area (Å²) >= 11 is 0. The van der Waals surface area contributed by atoms with Crippen LogP contribution in [0.1, 0.15) is 26.2 Å². The molecule has 2 aliphatic carbocycles. The second kappa shape index (κ2) is 3.79. The summed E-state index contributed by atoms with van der Waals surface area (Å²) in [6.45, 7) is 1.71. The van der Waals surface area contributed by atoms with Crippen LogP contribution in [0.15, 0.2) is 11.1 Å². The normalized spacial score (nSPS) is 28.8. The molecule has 0 aromatic heterocycles. The minimum Gasteiger partial charge on any atom is -0.463 e. The number of esters is 1. The van der Waals surface area contributed by atoms with E-state index >= 15 is 0 Å². The van der Waals surface area contributed by atoms with E-state index < -0.39 is 24.0 Å². The fourth-order valence-electron chi connectivity index (χ4n) is 2.78. The number of hydrogen-bond acceptors (Lipinski definition) is 2. The van der Waals surface area contributed by atoms with Crippen LogP contribution in [0.25, 0.3) is 0 Å². The van der Waals surface area contributed by atoms with Crippen LogP contribution >= 0.6 is 0 Å². The van der Waals surface area contributed by atoms with Gasteiger partial charge in [0, 0.05) is 5.57 Å². The molecule has 0 aromatic rings. The van der Waals surface area contributed by atoms with Crippen LogP contribution in [-0.4, -0.2) is 18.8 Å². The third kappa shape index (κ3) is 1.72. The Labute approximate surface area is 91.5 Å². The molecule has 2 rings (SSSR count). The molecule has 0 amide bonds. The Bertz CT molecular complexity index is 344. The van der Waals surface area contributed by atoms with E-state index in [9.17, 15) is 18.0 Å². The van der Waals surface area contributed by atoms with Crippen LogP contribution < -0.4 is 0 Å². The third-order valence-electron chi connectivity index (χ3n) is 3.34. The van der Waals surface area contributed by atoms with E-state index in [2.05, 4.69) is 0 Å². The molecule has 1 fully saturated rings. The monoisotopic (exact) mass is 234 g/mol. The summed E-state index contributed by atoms with van der Waals surface area (Å²) in [5.74, 6) is -2.80. The topological polar surface area (TPSA) is 26.3 Å². The summed E-state index contributed by atoms with van der Waals surface area (Å²) in [6.07, 6.45) is -2.75. The highest BCUT2D eigenvalue weighted by Crippen LogP contribution is 2.54. The summed E-state index contributed by atoms with van der Waals surface area (Å²) in [5.41, 5.74) is 0.552. The number of fused-ring (bicyclic) bond motifs is 2. The smallest absolute Gasteiger partial charge is 0.396 e. The Morgan fingerprint density at radius 2 is 2.19 bits per heavy atom. The highest BCUT2D eigenvalue weighted by molar-refractivity contribution is 5.91. The predicted octanol–water partition coefficient (Wildman–Crippen LogP) is 2.84. The largest absolute Gasteiger partial charge is 0.463 e. The van der Waals surface area contributed by atoms with Crippen LogP contribution in [0.5, 0.6) is 0 Å². The summed E-state index contributed by atoms with van der Waals surface area (Å²) in [6, 6.07) is 0. The molecule has 2 nitrogen and oxygen atoms in total. The van der Waals surface area contributed by atoms with E-state index in [4.69, 9.17) is 4.74 Å². The molecular formula is C11H13F3O2. The first-order valence-corrected chi connectivity index (χ1v) is 5.41.